The van der Waals surface area contributed by atoms with Crippen LogP contribution in [-0.4, -0.2) is 71.6 Å². The molecule has 0 radical (unpaired) electrons. The number of carbonyl (C=O) groups excluding carboxylic acids is 1. The average Bonchev–Trinajstić information content (AvgIpc) is 3.03. The summed E-state index contributed by atoms with van der Waals surface area (Å²) >= 11 is 0. The average molecular weight is 393 g/mol. The predicted octanol–water partition coefficient (Wildman–Crippen LogP) is 1.69. The van der Waals surface area contributed by atoms with E-state index in [0.717, 1.165) is 40.3 Å². The molecule has 3 aromatic rings. The van der Waals surface area contributed by atoms with Crippen molar-refractivity contribution in [2.75, 3.05) is 44.8 Å². The third-order valence-corrected chi connectivity index (χ3v) is 5.53. The van der Waals surface area contributed by atoms with Crippen molar-refractivity contribution in [1.29, 1.82) is 0 Å². The number of carbonyl (C=O) groups is 1. The molecular formula is C21H23N5O3. The molecule has 5 rings (SSSR count). The lowest BCUT2D eigenvalue weighted by atomic mass is 10.1. The van der Waals surface area contributed by atoms with Gasteiger partial charge in [-0.05, 0) is 30.3 Å². The lowest BCUT2D eigenvalue weighted by molar-refractivity contribution is -0.129. The van der Waals surface area contributed by atoms with Crippen molar-refractivity contribution in [3.63, 3.8) is 0 Å². The van der Waals surface area contributed by atoms with Crippen LogP contribution >= 0.6 is 0 Å². The fourth-order valence-electron chi connectivity index (χ4n) is 3.70. The van der Waals surface area contributed by atoms with E-state index in [1.54, 1.807) is 11.1 Å². The number of amides is 1. The Morgan fingerprint density at radius 2 is 2.00 bits per heavy atom. The van der Waals surface area contributed by atoms with Gasteiger partial charge in [-0.1, -0.05) is 0 Å². The molecule has 2 aliphatic heterocycles. The number of hydrogen-bond donors (Lipinski definition) is 0. The van der Waals surface area contributed by atoms with E-state index in [1.165, 1.54) is 0 Å². The second-order valence-corrected chi connectivity index (χ2v) is 7.57. The molecule has 0 saturated carbocycles. The first-order chi connectivity index (χ1) is 14.1. The van der Waals surface area contributed by atoms with Gasteiger partial charge in [0, 0.05) is 44.3 Å². The Labute approximate surface area is 168 Å². The van der Waals surface area contributed by atoms with E-state index in [2.05, 4.69) is 4.98 Å². The Kier molecular flexibility index (Phi) is 4.35. The molecule has 0 bridgehead atoms. The molecule has 8 heteroatoms. The summed E-state index contributed by atoms with van der Waals surface area (Å²) in [6.45, 7) is 3.08. The zero-order valence-corrected chi connectivity index (χ0v) is 16.5. The molecule has 0 aliphatic carbocycles. The number of benzene rings is 1. The van der Waals surface area contributed by atoms with Gasteiger partial charge in [-0.15, -0.1) is 0 Å². The second-order valence-electron chi connectivity index (χ2n) is 7.57. The minimum Gasteiger partial charge on any atom is -0.486 e. The maximum Gasteiger partial charge on any atom is 0.241 e. The lowest BCUT2D eigenvalue weighted by Gasteiger charge is -2.32. The number of hydrogen-bond acceptors (Lipinski definition) is 6. The minimum atomic E-state index is 0.105. The van der Waals surface area contributed by atoms with Crippen LogP contribution in [0, 0.1) is 0 Å². The van der Waals surface area contributed by atoms with Crippen molar-refractivity contribution in [3.8, 4) is 17.0 Å². The van der Waals surface area contributed by atoms with Crippen LogP contribution in [0.5, 0.6) is 5.75 Å². The van der Waals surface area contributed by atoms with Gasteiger partial charge in [0.25, 0.3) is 0 Å². The van der Waals surface area contributed by atoms with Crippen molar-refractivity contribution < 1.29 is 14.3 Å². The van der Waals surface area contributed by atoms with E-state index >= 15 is 0 Å². The molecule has 8 nitrogen and oxygen atoms in total. The predicted molar refractivity (Wildman–Crippen MR) is 109 cm³/mol. The number of fused-ring (bicyclic) bond motifs is 1. The minimum absolute atomic E-state index is 0.105. The summed E-state index contributed by atoms with van der Waals surface area (Å²) in [5.74, 6) is 1.72. The van der Waals surface area contributed by atoms with E-state index < -0.39 is 0 Å². The molecule has 150 valence electrons. The number of aryl methyl sites for hydroxylation is 1. The number of ether oxygens (including phenoxy) is 2. The normalized spacial score (nSPS) is 17.7. The molecule has 4 heterocycles. The molecule has 2 aliphatic rings. The largest absolute Gasteiger partial charge is 0.486 e. The van der Waals surface area contributed by atoms with Gasteiger partial charge in [-0.25, -0.2) is 4.98 Å². The van der Waals surface area contributed by atoms with Crippen molar-refractivity contribution >= 4 is 22.6 Å². The fourth-order valence-corrected chi connectivity index (χ4v) is 3.70. The SMILES string of the molecule is CN1CCN(c2cc(-c3nn(C)c4ccc(OC5COC5)cc34)ccn2)CC1=O. The van der Waals surface area contributed by atoms with Crippen LogP contribution in [0.15, 0.2) is 36.5 Å². The first kappa shape index (κ1) is 17.9. The van der Waals surface area contributed by atoms with E-state index in [1.807, 2.05) is 54.0 Å². The Balaban J connectivity index is 1.50. The van der Waals surface area contributed by atoms with Gasteiger partial charge in [0.2, 0.25) is 5.91 Å². The highest BCUT2D eigenvalue weighted by Crippen LogP contribution is 2.32. The van der Waals surface area contributed by atoms with Crippen LogP contribution in [0.3, 0.4) is 0 Å². The summed E-state index contributed by atoms with van der Waals surface area (Å²) in [6, 6.07) is 10.0. The summed E-state index contributed by atoms with van der Waals surface area (Å²) in [5, 5.41) is 5.77. The molecule has 1 amide bonds. The van der Waals surface area contributed by atoms with Crippen LogP contribution in [0.25, 0.3) is 22.2 Å². The molecule has 2 saturated heterocycles. The Morgan fingerprint density at radius 1 is 1.14 bits per heavy atom. The Bertz CT molecular complexity index is 1080. The molecule has 1 aromatic carbocycles. The number of aromatic nitrogens is 3. The van der Waals surface area contributed by atoms with E-state index in [9.17, 15) is 4.79 Å². The van der Waals surface area contributed by atoms with Crippen LogP contribution in [-0.2, 0) is 16.6 Å². The fraction of sp³-hybridized carbons (Fsp3) is 0.381. The van der Waals surface area contributed by atoms with Crippen LogP contribution in [0.4, 0.5) is 5.82 Å². The van der Waals surface area contributed by atoms with Gasteiger partial charge in [0.1, 0.15) is 23.4 Å². The number of likely N-dealkylation sites (N-methyl/N-ethyl adjacent to an activating group) is 1. The highest BCUT2D eigenvalue weighted by atomic mass is 16.6. The smallest absolute Gasteiger partial charge is 0.241 e. The number of anilines is 1. The van der Waals surface area contributed by atoms with Crippen molar-refractivity contribution in [2.24, 2.45) is 7.05 Å². The number of piperazine rings is 1. The van der Waals surface area contributed by atoms with Crippen molar-refractivity contribution in [3.05, 3.63) is 36.5 Å². The van der Waals surface area contributed by atoms with Crippen LogP contribution < -0.4 is 9.64 Å². The molecule has 2 fully saturated rings. The monoisotopic (exact) mass is 393 g/mol. The van der Waals surface area contributed by atoms with Crippen molar-refractivity contribution in [2.45, 2.75) is 6.10 Å². The lowest BCUT2D eigenvalue weighted by Crippen LogP contribution is -2.48. The number of pyridine rings is 1. The van der Waals surface area contributed by atoms with E-state index in [0.29, 0.717) is 26.3 Å². The standard InChI is InChI=1S/C21H23N5O3/c1-24-7-8-26(11-20(24)27)19-9-14(5-6-22-19)21-17-10-15(29-16-12-28-13-16)3-4-18(17)25(2)23-21/h3-6,9-10,16H,7-8,11-13H2,1-2H3. The van der Waals surface area contributed by atoms with Gasteiger partial charge in [0.05, 0.1) is 25.3 Å². The summed E-state index contributed by atoms with van der Waals surface area (Å²) in [5.41, 5.74) is 2.88. The second kappa shape index (κ2) is 7.04. The van der Waals surface area contributed by atoms with Crippen molar-refractivity contribution in [1.82, 2.24) is 19.7 Å². The Morgan fingerprint density at radius 3 is 2.76 bits per heavy atom. The van der Waals surface area contributed by atoms with Gasteiger partial charge in [-0.3, -0.25) is 9.48 Å². The summed E-state index contributed by atoms with van der Waals surface area (Å²) < 4.78 is 13.0. The van der Waals surface area contributed by atoms with Gasteiger partial charge in [0.15, 0.2) is 0 Å². The maximum absolute atomic E-state index is 12.1. The zero-order chi connectivity index (χ0) is 20.0. The summed E-state index contributed by atoms with van der Waals surface area (Å²) in [6.07, 6.45) is 1.90. The summed E-state index contributed by atoms with van der Waals surface area (Å²) in [4.78, 5) is 20.3. The molecule has 2 aromatic heterocycles. The molecule has 0 spiro atoms. The molecular weight excluding hydrogens is 370 g/mol. The van der Waals surface area contributed by atoms with Gasteiger partial charge in [-0.2, -0.15) is 5.10 Å². The highest BCUT2D eigenvalue weighted by molar-refractivity contribution is 5.94. The topological polar surface area (TPSA) is 72.7 Å². The maximum atomic E-state index is 12.1. The number of rotatable bonds is 4. The molecule has 0 unspecified atom stereocenters. The van der Waals surface area contributed by atoms with Crippen LogP contribution in [0.2, 0.25) is 0 Å². The highest BCUT2D eigenvalue weighted by Gasteiger charge is 2.23. The number of nitrogens with zero attached hydrogens (tertiary/aromatic N) is 5. The van der Waals surface area contributed by atoms with E-state index in [4.69, 9.17) is 14.6 Å². The van der Waals surface area contributed by atoms with E-state index in [-0.39, 0.29) is 12.0 Å². The van der Waals surface area contributed by atoms with Gasteiger partial charge >= 0.3 is 0 Å². The Hall–Kier alpha value is -3.13. The quantitative estimate of drug-likeness (QED) is 0.672. The zero-order valence-electron chi connectivity index (χ0n) is 16.5. The molecule has 0 atom stereocenters. The first-order valence-corrected chi connectivity index (χ1v) is 9.75. The third-order valence-electron chi connectivity index (χ3n) is 5.53. The molecule has 0 N–H and O–H groups in total. The van der Waals surface area contributed by atoms with Gasteiger partial charge < -0.3 is 19.3 Å². The first-order valence-electron chi connectivity index (χ1n) is 9.75. The summed E-state index contributed by atoms with van der Waals surface area (Å²) in [7, 11) is 3.77. The third kappa shape index (κ3) is 3.29. The van der Waals surface area contributed by atoms with Crippen LogP contribution in [0.1, 0.15) is 0 Å². The molecule has 29 heavy (non-hydrogen) atoms.